The third kappa shape index (κ3) is 5.71. The number of hydrogen-bond donors (Lipinski definition) is 2. The van der Waals surface area contributed by atoms with Crippen LogP contribution in [0.3, 0.4) is 0 Å². The second kappa shape index (κ2) is 9.37. The van der Waals surface area contributed by atoms with Crippen molar-refractivity contribution in [3.63, 3.8) is 0 Å². The van der Waals surface area contributed by atoms with Crippen LogP contribution in [0.25, 0.3) is 0 Å². The van der Waals surface area contributed by atoms with Gasteiger partial charge in [0.25, 0.3) is 11.8 Å². The van der Waals surface area contributed by atoms with Crippen LogP contribution < -0.4 is 10.6 Å². The fourth-order valence-corrected chi connectivity index (χ4v) is 4.63. The topological polar surface area (TPSA) is 127 Å². The van der Waals surface area contributed by atoms with Gasteiger partial charge in [-0.2, -0.15) is 0 Å². The molecular weight excluding hydrogens is 452 g/mol. The normalized spacial score (nSPS) is 17.2. The van der Waals surface area contributed by atoms with Crippen molar-refractivity contribution >= 4 is 43.8 Å². The zero-order valence-corrected chi connectivity index (χ0v) is 19.2. The summed E-state index contributed by atoms with van der Waals surface area (Å²) in [4.78, 5) is 35.4. The first-order chi connectivity index (χ1) is 15.3. The number of benzene rings is 1. The van der Waals surface area contributed by atoms with Crippen molar-refractivity contribution in [1.29, 1.82) is 0 Å². The maximum Gasteiger partial charge on any atom is 0.280 e. The van der Waals surface area contributed by atoms with Gasteiger partial charge in [-0.1, -0.05) is 28.6 Å². The molecule has 0 atom stereocenters. The minimum Gasteiger partial charge on any atom is -0.392 e. The predicted molar refractivity (Wildman–Crippen MR) is 121 cm³/mol. The molecule has 9 nitrogen and oxygen atoms in total. The van der Waals surface area contributed by atoms with Crippen molar-refractivity contribution in [2.24, 2.45) is 5.16 Å². The molecule has 2 N–H and O–H groups in total. The third-order valence-corrected chi connectivity index (χ3v) is 7.27. The number of thiazole rings is 1. The Morgan fingerprint density at radius 2 is 1.81 bits per heavy atom. The monoisotopic (exact) mass is 476 g/mol. The summed E-state index contributed by atoms with van der Waals surface area (Å²) in [6, 6.07) is 6.11. The molecule has 32 heavy (non-hydrogen) atoms. The maximum atomic E-state index is 13.0. The van der Waals surface area contributed by atoms with Gasteiger partial charge < -0.3 is 10.2 Å². The van der Waals surface area contributed by atoms with Gasteiger partial charge in [0, 0.05) is 17.9 Å². The van der Waals surface area contributed by atoms with Gasteiger partial charge in [0.1, 0.15) is 11.0 Å². The SMILES string of the molecule is CS(=O)(=O)c1ccc(C(=NOC2CCCC2)C(=O)Nc2ncc(C(=O)NC3CC3)s2)cc1. The molecule has 1 aromatic heterocycles. The molecule has 0 radical (unpaired) electrons. The summed E-state index contributed by atoms with van der Waals surface area (Å²) in [5, 5.41) is 9.91. The van der Waals surface area contributed by atoms with Crippen molar-refractivity contribution in [3.05, 3.63) is 40.9 Å². The van der Waals surface area contributed by atoms with E-state index in [9.17, 15) is 18.0 Å². The molecule has 2 aliphatic rings. The number of aromatic nitrogens is 1. The molecule has 2 amide bonds. The van der Waals surface area contributed by atoms with Gasteiger partial charge in [-0.25, -0.2) is 13.4 Å². The highest BCUT2D eigenvalue weighted by atomic mass is 32.2. The van der Waals surface area contributed by atoms with Crippen molar-refractivity contribution in [3.8, 4) is 0 Å². The van der Waals surface area contributed by atoms with E-state index in [2.05, 4.69) is 20.8 Å². The van der Waals surface area contributed by atoms with Crippen molar-refractivity contribution in [2.45, 2.75) is 55.6 Å². The molecule has 11 heteroatoms. The molecule has 0 unspecified atom stereocenters. The van der Waals surface area contributed by atoms with Gasteiger partial charge in [-0.3, -0.25) is 14.9 Å². The molecule has 1 heterocycles. The molecule has 2 aromatic rings. The molecule has 2 fully saturated rings. The first kappa shape index (κ1) is 22.4. The number of amides is 2. The Hall–Kier alpha value is -2.79. The van der Waals surface area contributed by atoms with Gasteiger partial charge in [0.05, 0.1) is 11.1 Å². The first-order valence-corrected chi connectivity index (χ1v) is 13.1. The minimum absolute atomic E-state index is 0.0103. The number of carbonyl (C=O) groups is 2. The lowest BCUT2D eigenvalue weighted by atomic mass is 10.1. The number of nitrogens with one attached hydrogen (secondary N) is 2. The van der Waals surface area contributed by atoms with Crippen LogP contribution >= 0.6 is 11.3 Å². The number of rotatable bonds is 8. The lowest BCUT2D eigenvalue weighted by Crippen LogP contribution is -2.25. The molecule has 2 saturated carbocycles. The molecule has 4 rings (SSSR count). The molecular formula is C21H24N4O5S2. The highest BCUT2D eigenvalue weighted by molar-refractivity contribution is 7.90. The quantitative estimate of drug-likeness (QED) is 0.446. The number of carbonyl (C=O) groups excluding carboxylic acids is 2. The number of nitrogens with zero attached hydrogens (tertiary/aromatic N) is 2. The van der Waals surface area contributed by atoms with Gasteiger partial charge >= 0.3 is 0 Å². The van der Waals surface area contributed by atoms with E-state index in [0.717, 1.165) is 56.1 Å². The van der Waals surface area contributed by atoms with E-state index < -0.39 is 15.7 Å². The van der Waals surface area contributed by atoms with Gasteiger partial charge in [0.15, 0.2) is 20.7 Å². The van der Waals surface area contributed by atoms with Crippen LogP contribution in [0.4, 0.5) is 5.13 Å². The van der Waals surface area contributed by atoms with Crippen molar-refractivity contribution in [2.75, 3.05) is 11.6 Å². The fraction of sp³-hybridized carbons (Fsp3) is 0.429. The van der Waals surface area contributed by atoms with Crippen LogP contribution in [0.15, 0.2) is 40.5 Å². The zero-order valence-electron chi connectivity index (χ0n) is 17.5. The van der Waals surface area contributed by atoms with Crippen LogP contribution in [0.1, 0.15) is 53.8 Å². The second-order valence-electron chi connectivity index (χ2n) is 7.98. The Balaban J connectivity index is 1.52. The molecule has 1 aromatic carbocycles. The summed E-state index contributed by atoms with van der Waals surface area (Å²) in [5.41, 5.74) is 0.423. The summed E-state index contributed by atoms with van der Waals surface area (Å²) >= 11 is 1.07. The van der Waals surface area contributed by atoms with E-state index in [1.165, 1.54) is 30.5 Å². The minimum atomic E-state index is -3.37. The summed E-state index contributed by atoms with van der Waals surface area (Å²) < 4.78 is 23.5. The number of anilines is 1. The van der Waals surface area contributed by atoms with Crippen LogP contribution in [0, 0.1) is 0 Å². The molecule has 2 aliphatic carbocycles. The average Bonchev–Trinajstić information content (AvgIpc) is 3.21. The number of hydrogen-bond acceptors (Lipinski definition) is 8. The Kier molecular flexibility index (Phi) is 6.56. The average molecular weight is 477 g/mol. The largest absolute Gasteiger partial charge is 0.392 e. The lowest BCUT2D eigenvalue weighted by Gasteiger charge is -2.10. The molecule has 0 aliphatic heterocycles. The van der Waals surface area contributed by atoms with Gasteiger partial charge in [0.2, 0.25) is 0 Å². The highest BCUT2D eigenvalue weighted by Crippen LogP contribution is 2.24. The van der Waals surface area contributed by atoms with Crippen LogP contribution in [0.2, 0.25) is 0 Å². The van der Waals surface area contributed by atoms with E-state index in [4.69, 9.17) is 4.84 Å². The zero-order chi connectivity index (χ0) is 22.7. The third-order valence-electron chi connectivity index (χ3n) is 5.23. The van der Waals surface area contributed by atoms with Crippen molar-refractivity contribution in [1.82, 2.24) is 10.3 Å². The molecule has 0 saturated heterocycles. The van der Waals surface area contributed by atoms with E-state index in [1.807, 2.05) is 0 Å². The van der Waals surface area contributed by atoms with E-state index >= 15 is 0 Å². The highest BCUT2D eigenvalue weighted by Gasteiger charge is 2.25. The Labute approximate surface area is 190 Å². The molecule has 170 valence electrons. The summed E-state index contributed by atoms with van der Waals surface area (Å²) in [5.74, 6) is -0.765. The fourth-order valence-electron chi connectivity index (χ4n) is 3.28. The lowest BCUT2D eigenvalue weighted by molar-refractivity contribution is -0.110. The Morgan fingerprint density at radius 1 is 1.12 bits per heavy atom. The van der Waals surface area contributed by atoms with Crippen LogP contribution in [-0.2, 0) is 19.5 Å². The maximum absolute atomic E-state index is 13.0. The molecule has 0 spiro atoms. The van der Waals surface area contributed by atoms with E-state index in [0.29, 0.717) is 10.4 Å². The summed E-state index contributed by atoms with van der Waals surface area (Å²) in [6.07, 6.45) is 8.29. The van der Waals surface area contributed by atoms with E-state index in [-0.39, 0.29) is 33.8 Å². The van der Waals surface area contributed by atoms with Gasteiger partial charge in [-0.05, 0) is 50.7 Å². The summed E-state index contributed by atoms with van der Waals surface area (Å²) in [6.45, 7) is 0. The van der Waals surface area contributed by atoms with Gasteiger partial charge in [-0.15, -0.1) is 0 Å². The predicted octanol–water partition coefficient (Wildman–Crippen LogP) is 2.74. The van der Waals surface area contributed by atoms with Crippen LogP contribution in [-0.4, -0.2) is 49.3 Å². The Bertz CT molecular complexity index is 1130. The first-order valence-electron chi connectivity index (χ1n) is 10.4. The Morgan fingerprint density at radius 3 is 2.44 bits per heavy atom. The number of oxime groups is 1. The standard InChI is InChI=1S/C21H24N4O5S2/c1-32(28,29)16-10-6-13(7-11-16)18(25-30-15-4-2-3-5-15)20(27)24-21-22-12-17(31-21)19(26)23-14-8-9-14/h6-7,10-12,14-15H,2-5,8-9H2,1H3,(H,23,26)(H,22,24,27). The number of sulfone groups is 1. The van der Waals surface area contributed by atoms with E-state index in [1.54, 1.807) is 0 Å². The molecule has 0 bridgehead atoms. The van der Waals surface area contributed by atoms with Crippen molar-refractivity contribution < 1.29 is 22.8 Å². The summed E-state index contributed by atoms with van der Waals surface area (Å²) in [7, 11) is -3.37. The second-order valence-corrected chi connectivity index (χ2v) is 11.0. The van der Waals surface area contributed by atoms with Crippen LogP contribution in [0.5, 0.6) is 0 Å². The smallest absolute Gasteiger partial charge is 0.280 e.